The Balaban J connectivity index is 3.94. The van der Waals surface area contributed by atoms with E-state index in [9.17, 15) is 0 Å². The van der Waals surface area contributed by atoms with E-state index in [-0.39, 0.29) is 0 Å². The maximum Gasteiger partial charge on any atom is 0.0570 e. The molecular weight excluding hydrogens is 352 g/mol. The molecule has 0 aliphatic rings. The largest absolute Gasteiger partial charge is 0.0789 e. The minimum absolute atomic E-state index is 0.492. The Morgan fingerprint density at radius 2 is 1.72 bits per heavy atom. The second-order valence-electron chi connectivity index (χ2n) is 5.49. The van der Waals surface area contributed by atoms with Crippen LogP contribution in [0, 0.1) is 11.8 Å². The highest BCUT2D eigenvalue weighted by molar-refractivity contribution is 9.28. The molecule has 0 aromatic carbocycles. The van der Waals surface area contributed by atoms with Gasteiger partial charge in [-0.05, 0) is 57.0 Å². The van der Waals surface area contributed by atoms with Crippen LogP contribution in [0.2, 0.25) is 0 Å². The lowest BCUT2D eigenvalue weighted by molar-refractivity contribution is 0.485. The molecule has 0 bridgehead atoms. The normalized spacial score (nSPS) is 15.3. The fourth-order valence-corrected chi connectivity index (χ4v) is 3.17. The molecular formula is C16H28Br2. The van der Waals surface area contributed by atoms with Gasteiger partial charge in [0.05, 0.1) is 3.39 Å². The highest BCUT2D eigenvalue weighted by Crippen LogP contribution is 2.21. The Bertz CT molecular complexity index is 262. The van der Waals surface area contributed by atoms with E-state index in [1.807, 2.05) is 0 Å². The molecule has 0 saturated carbocycles. The lowest BCUT2D eigenvalue weighted by Crippen LogP contribution is -1.97. The average Bonchev–Trinajstić information content (AvgIpc) is 2.22. The monoisotopic (exact) mass is 378 g/mol. The summed E-state index contributed by atoms with van der Waals surface area (Å²) in [6.45, 7) is 9.13. The predicted molar refractivity (Wildman–Crippen MR) is 91.4 cm³/mol. The van der Waals surface area contributed by atoms with Crippen LogP contribution in [0.15, 0.2) is 21.1 Å². The van der Waals surface area contributed by atoms with Crippen molar-refractivity contribution in [3.8, 4) is 0 Å². The molecule has 2 atom stereocenters. The van der Waals surface area contributed by atoms with Crippen molar-refractivity contribution in [2.75, 3.05) is 0 Å². The van der Waals surface area contributed by atoms with E-state index in [2.05, 4.69) is 71.7 Å². The molecule has 0 aromatic heterocycles. The van der Waals surface area contributed by atoms with Crippen molar-refractivity contribution in [1.82, 2.24) is 0 Å². The highest BCUT2D eigenvalue weighted by atomic mass is 79.9. The first kappa shape index (κ1) is 18.4. The van der Waals surface area contributed by atoms with Gasteiger partial charge in [-0.25, -0.2) is 0 Å². The third kappa shape index (κ3) is 11.5. The second-order valence-corrected chi connectivity index (χ2v) is 8.26. The molecule has 0 N–H and O–H groups in total. The first-order valence-corrected chi connectivity index (χ1v) is 8.74. The number of hydrogen-bond donors (Lipinski definition) is 0. The second kappa shape index (κ2) is 11.3. The van der Waals surface area contributed by atoms with Crippen molar-refractivity contribution in [3.05, 3.63) is 21.1 Å². The lowest BCUT2D eigenvalue weighted by Gasteiger charge is -2.12. The Morgan fingerprint density at radius 1 is 1.06 bits per heavy atom. The van der Waals surface area contributed by atoms with E-state index in [1.165, 1.54) is 44.1 Å². The Kier molecular flexibility index (Phi) is 11.6. The van der Waals surface area contributed by atoms with E-state index in [0.717, 1.165) is 9.31 Å². The van der Waals surface area contributed by atoms with E-state index >= 15 is 0 Å². The molecule has 0 unspecified atom stereocenters. The van der Waals surface area contributed by atoms with Gasteiger partial charge in [0.2, 0.25) is 0 Å². The molecule has 0 rings (SSSR count). The summed E-state index contributed by atoms with van der Waals surface area (Å²) >= 11 is 6.83. The quantitative estimate of drug-likeness (QED) is 0.293. The van der Waals surface area contributed by atoms with Gasteiger partial charge in [0.1, 0.15) is 0 Å². The summed E-state index contributed by atoms with van der Waals surface area (Å²) in [5.41, 5.74) is 1.52. The van der Waals surface area contributed by atoms with E-state index in [0.29, 0.717) is 5.92 Å². The molecule has 0 saturated heterocycles. The molecule has 0 spiro atoms. The zero-order valence-corrected chi connectivity index (χ0v) is 15.5. The molecule has 2 heteroatoms. The van der Waals surface area contributed by atoms with Crippen LogP contribution in [-0.2, 0) is 0 Å². The van der Waals surface area contributed by atoms with E-state index < -0.39 is 0 Å². The Hall–Kier alpha value is 0.440. The van der Waals surface area contributed by atoms with Crippen molar-refractivity contribution < 1.29 is 0 Å². The molecule has 0 aliphatic carbocycles. The Labute approximate surface area is 131 Å². The van der Waals surface area contributed by atoms with Gasteiger partial charge in [0, 0.05) is 0 Å². The summed E-state index contributed by atoms with van der Waals surface area (Å²) in [5.74, 6) is 1.31. The van der Waals surface area contributed by atoms with Crippen LogP contribution >= 0.6 is 31.9 Å². The minimum atomic E-state index is 0.492. The van der Waals surface area contributed by atoms with Crippen LogP contribution in [0.25, 0.3) is 0 Å². The maximum atomic E-state index is 3.41. The van der Waals surface area contributed by atoms with Gasteiger partial charge in [-0.15, -0.1) is 0 Å². The fourth-order valence-electron chi connectivity index (χ4n) is 2.33. The van der Waals surface area contributed by atoms with Gasteiger partial charge in [-0.1, -0.05) is 70.6 Å². The molecule has 0 aromatic rings. The summed E-state index contributed by atoms with van der Waals surface area (Å²) < 4.78 is 1.04. The standard InChI is InChI=1S/C16H28Br2/c1-5-6-7-8-9-13(2)10-14(3)11-15(4)12-16(17)18/h11-13,15H,5-10H2,1-4H3/b14-11+/t13-,15+/m1/s1. The third-order valence-corrected chi connectivity index (χ3v) is 3.69. The number of hydrogen-bond acceptors (Lipinski definition) is 0. The van der Waals surface area contributed by atoms with Crippen LogP contribution < -0.4 is 0 Å². The first-order valence-electron chi connectivity index (χ1n) is 7.15. The van der Waals surface area contributed by atoms with Crippen LogP contribution in [0.1, 0.15) is 66.2 Å². The van der Waals surface area contributed by atoms with Crippen LogP contribution in [0.5, 0.6) is 0 Å². The van der Waals surface area contributed by atoms with Gasteiger partial charge in [0.25, 0.3) is 0 Å². The minimum Gasteiger partial charge on any atom is -0.0789 e. The van der Waals surface area contributed by atoms with Crippen LogP contribution in [0.3, 0.4) is 0 Å². The topological polar surface area (TPSA) is 0 Å². The summed E-state index contributed by atoms with van der Waals surface area (Å²) in [6, 6.07) is 0. The number of rotatable bonds is 9. The molecule has 0 amide bonds. The molecule has 18 heavy (non-hydrogen) atoms. The predicted octanol–water partition coefficient (Wildman–Crippen LogP) is 7.20. The number of halogens is 2. The van der Waals surface area contributed by atoms with Gasteiger partial charge in [-0.3, -0.25) is 0 Å². The van der Waals surface area contributed by atoms with Gasteiger partial charge in [-0.2, -0.15) is 0 Å². The van der Waals surface area contributed by atoms with Crippen molar-refractivity contribution in [2.24, 2.45) is 11.8 Å². The summed E-state index contributed by atoms with van der Waals surface area (Å²) in [5, 5.41) is 0. The molecule has 0 radical (unpaired) electrons. The smallest absolute Gasteiger partial charge is 0.0570 e. The SMILES string of the molecule is CCCCCC[C@@H](C)C/C(C)=C/[C@H](C)C=C(Br)Br. The van der Waals surface area contributed by atoms with Crippen molar-refractivity contribution >= 4 is 31.9 Å². The summed E-state index contributed by atoms with van der Waals surface area (Å²) in [6.07, 6.45) is 12.7. The number of allylic oxidation sites excluding steroid dienone is 3. The maximum absolute atomic E-state index is 3.41. The molecule has 0 fully saturated rings. The molecule has 0 heterocycles. The zero-order chi connectivity index (χ0) is 14.0. The first-order chi connectivity index (χ1) is 8.45. The molecule has 0 nitrogen and oxygen atoms in total. The molecule has 0 aliphatic heterocycles. The van der Waals surface area contributed by atoms with Crippen molar-refractivity contribution in [1.29, 1.82) is 0 Å². The summed E-state index contributed by atoms with van der Waals surface area (Å²) in [7, 11) is 0. The Morgan fingerprint density at radius 3 is 2.28 bits per heavy atom. The van der Waals surface area contributed by atoms with E-state index in [1.54, 1.807) is 0 Å². The highest BCUT2D eigenvalue weighted by Gasteiger charge is 2.04. The zero-order valence-electron chi connectivity index (χ0n) is 12.3. The third-order valence-electron chi connectivity index (χ3n) is 3.16. The fraction of sp³-hybridized carbons (Fsp3) is 0.750. The lowest BCUT2D eigenvalue weighted by atomic mass is 9.94. The molecule has 106 valence electrons. The average molecular weight is 380 g/mol. The van der Waals surface area contributed by atoms with Gasteiger partial charge >= 0.3 is 0 Å². The van der Waals surface area contributed by atoms with Crippen molar-refractivity contribution in [2.45, 2.75) is 66.2 Å². The number of unbranched alkanes of at least 4 members (excludes halogenated alkanes) is 3. The van der Waals surface area contributed by atoms with Crippen molar-refractivity contribution in [3.63, 3.8) is 0 Å². The van der Waals surface area contributed by atoms with Gasteiger partial charge < -0.3 is 0 Å². The summed E-state index contributed by atoms with van der Waals surface area (Å²) in [4.78, 5) is 0. The van der Waals surface area contributed by atoms with Crippen LogP contribution in [-0.4, -0.2) is 0 Å². The van der Waals surface area contributed by atoms with E-state index in [4.69, 9.17) is 0 Å². The van der Waals surface area contributed by atoms with Crippen LogP contribution in [0.4, 0.5) is 0 Å². The van der Waals surface area contributed by atoms with Gasteiger partial charge in [0.15, 0.2) is 0 Å².